The topological polar surface area (TPSA) is 83.8 Å². The number of carboxylic acid groups (broad SMARTS) is 1. The number of hydrogen-bond acceptors (Lipinski definition) is 4. The van der Waals surface area contributed by atoms with E-state index in [0.29, 0.717) is 12.5 Å². The minimum atomic E-state index is -1.22. The van der Waals surface area contributed by atoms with Gasteiger partial charge in [-0.15, -0.1) is 0 Å². The quantitative estimate of drug-likeness (QED) is 0.0796. The molecule has 228 valence electrons. The molecule has 1 fully saturated rings. The largest absolute Gasteiger partial charge is 0.506 e. The van der Waals surface area contributed by atoms with Gasteiger partial charge in [0.2, 0.25) is 0 Å². The summed E-state index contributed by atoms with van der Waals surface area (Å²) in [5.74, 6) is -1.82. The highest BCUT2D eigenvalue weighted by Crippen LogP contribution is 2.25. The molecule has 0 radical (unpaired) electrons. The van der Waals surface area contributed by atoms with Gasteiger partial charge in [-0.05, 0) is 37.8 Å². The zero-order valence-electron chi connectivity index (χ0n) is 25.6. The lowest BCUT2D eigenvalue weighted by molar-refractivity contribution is -0.941. The average molecular weight is 561 g/mol. The van der Waals surface area contributed by atoms with Gasteiger partial charge in [0.15, 0.2) is 5.78 Å². The van der Waals surface area contributed by atoms with Crippen LogP contribution in [-0.4, -0.2) is 65.8 Å². The smallest absolute Gasteiger partial charge is 0.339 e. The summed E-state index contributed by atoms with van der Waals surface area (Å²) in [7, 11) is 2.46. The first-order valence-electron chi connectivity index (χ1n) is 16.4. The minimum Gasteiger partial charge on any atom is -0.506 e. The van der Waals surface area contributed by atoms with E-state index >= 15 is 0 Å². The van der Waals surface area contributed by atoms with Crippen molar-refractivity contribution in [2.45, 2.75) is 135 Å². The fourth-order valence-electron chi connectivity index (χ4n) is 6.13. The van der Waals surface area contributed by atoms with Crippen LogP contribution in [0.4, 0.5) is 0 Å². The summed E-state index contributed by atoms with van der Waals surface area (Å²) >= 11 is 0. The first-order chi connectivity index (χ1) is 19.4. The number of phenols is 1. The van der Waals surface area contributed by atoms with Crippen LogP contribution in [0.15, 0.2) is 18.2 Å². The third-order valence-corrected chi connectivity index (χ3v) is 8.97. The summed E-state index contributed by atoms with van der Waals surface area (Å²) in [5, 5.41) is 19.2. The van der Waals surface area contributed by atoms with E-state index in [-0.39, 0.29) is 16.9 Å². The molecule has 0 spiro atoms. The lowest BCUT2D eigenvalue weighted by atomic mass is 9.99. The van der Waals surface area contributed by atoms with Crippen LogP contribution in [0.1, 0.15) is 150 Å². The molecule has 0 amide bonds. The van der Waals surface area contributed by atoms with Gasteiger partial charge in [-0.25, -0.2) is 4.79 Å². The number of aromatic carboxylic acids is 1. The second-order valence-electron chi connectivity index (χ2n) is 12.3. The number of para-hydroxylation sites is 1. The second-order valence-corrected chi connectivity index (χ2v) is 12.3. The van der Waals surface area contributed by atoms with Crippen LogP contribution >= 0.6 is 0 Å². The van der Waals surface area contributed by atoms with E-state index in [0.717, 1.165) is 39.0 Å². The summed E-state index contributed by atoms with van der Waals surface area (Å²) in [6.45, 7) is 6.54. The number of aromatic hydroxyl groups is 1. The van der Waals surface area contributed by atoms with Gasteiger partial charge in [-0.3, -0.25) is 4.79 Å². The highest BCUT2D eigenvalue weighted by Gasteiger charge is 2.35. The molecule has 1 heterocycles. The molecule has 0 bridgehead atoms. The van der Waals surface area contributed by atoms with Gasteiger partial charge in [-0.2, -0.15) is 0 Å². The number of morpholine rings is 1. The Balaban J connectivity index is 1.52. The van der Waals surface area contributed by atoms with Crippen molar-refractivity contribution in [3.63, 3.8) is 0 Å². The molecule has 6 heteroatoms. The van der Waals surface area contributed by atoms with Crippen molar-refractivity contribution in [1.82, 2.24) is 0 Å². The lowest BCUT2D eigenvalue weighted by Gasteiger charge is -2.45. The van der Waals surface area contributed by atoms with Crippen LogP contribution in [0, 0.1) is 0 Å². The molecular weight excluding hydrogens is 502 g/mol. The summed E-state index contributed by atoms with van der Waals surface area (Å²) in [5.41, 5.74) is -0.103. The molecule has 2 N–H and O–H groups in total. The van der Waals surface area contributed by atoms with E-state index in [1.807, 2.05) is 0 Å². The zero-order valence-corrected chi connectivity index (χ0v) is 25.6. The third-order valence-electron chi connectivity index (χ3n) is 8.97. The van der Waals surface area contributed by atoms with E-state index in [1.165, 1.54) is 126 Å². The molecule has 6 nitrogen and oxygen atoms in total. The number of carboxylic acids is 1. The molecular formula is C34H58NO5+. The first-order valence-corrected chi connectivity index (χ1v) is 16.4. The third kappa shape index (κ3) is 12.7. The molecule has 1 aliphatic rings. The van der Waals surface area contributed by atoms with E-state index in [1.54, 1.807) is 0 Å². The van der Waals surface area contributed by atoms with E-state index in [4.69, 9.17) is 9.84 Å². The summed E-state index contributed by atoms with van der Waals surface area (Å²) < 4.78 is 7.08. The number of likely N-dealkylation sites (N-methyl/N-ethyl adjacent to an activating group) is 1. The average Bonchev–Trinajstić information content (AvgIpc) is 2.94. The molecule has 2 atom stereocenters. The Morgan fingerprint density at radius 1 is 0.825 bits per heavy atom. The van der Waals surface area contributed by atoms with Crippen LogP contribution in [0.25, 0.3) is 0 Å². The SMILES string of the molecule is CCCCCCCCCCCC[N+]1(C)CCOCC1CCCCCCCCCC(=O)c1cccc(C(=O)O)c1O. The molecule has 0 aliphatic carbocycles. The maximum absolute atomic E-state index is 12.4. The maximum atomic E-state index is 12.4. The summed E-state index contributed by atoms with van der Waals surface area (Å²) in [6, 6.07) is 4.96. The minimum absolute atomic E-state index is 0.116. The number of ketones is 1. The molecule has 0 aromatic heterocycles. The molecule has 2 rings (SSSR count). The first kappa shape index (κ1) is 34.3. The van der Waals surface area contributed by atoms with Gasteiger partial charge in [-0.1, -0.05) is 96.5 Å². The number of quaternary nitrogens is 1. The van der Waals surface area contributed by atoms with E-state index in [2.05, 4.69) is 14.0 Å². The normalized spacial score (nSPS) is 19.1. The molecule has 0 saturated carbocycles. The molecule has 1 aromatic rings. The highest BCUT2D eigenvalue weighted by molar-refractivity contribution is 6.02. The standard InChI is InChI=1S/C34H57NO5/c1-3-4-5-6-7-8-9-13-16-19-25-35(2)26-27-40-28-29(35)21-17-14-11-10-12-15-18-24-32(36)30-22-20-23-31(33(30)37)34(38)39/h20,22-23,29H,3-19,21,24-28H2,1-2H3,(H-,36,37,38,39)/p+1. The molecule has 2 unspecified atom stereocenters. The summed E-state index contributed by atoms with van der Waals surface area (Å²) in [6.07, 6.45) is 23.3. The number of benzene rings is 1. The van der Waals surface area contributed by atoms with Crippen LogP contribution in [0.3, 0.4) is 0 Å². The number of unbranched alkanes of at least 4 members (excludes halogenated alkanes) is 15. The van der Waals surface area contributed by atoms with Crippen molar-refractivity contribution in [2.24, 2.45) is 0 Å². The van der Waals surface area contributed by atoms with Crippen molar-refractivity contribution in [2.75, 3.05) is 33.4 Å². The molecule has 1 aliphatic heterocycles. The number of nitrogens with zero attached hydrogens (tertiary/aromatic N) is 1. The Hall–Kier alpha value is -1.92. The van der Waals surface area contributed by atoms with Crippen LogP contribution in [0.5, 0.6) is 5.75 Å². The zero-order chi connectivity index (χ0) is 29.1. The molecule has 40 heavy (non-hydrogen) atoms. The number of Topliss-reactive ketones (excluding diaryl/α,β-unsaturated/α-hetero) is 1. The number of carbonyl (C=O) groups excluding carboxylic acids is 1. The van der Waals surface area contributed by atoms with Gasteiger partial charge < -0.3 is 19.4 Å². The van der Waals surface area contributed by atoms with Gasteiger partial charge in [0.25, 0.3) is 0 Å². The van der Waals surface area contributed by atoms with Gasteiger partial charge in [0.05, 0.1) is 32.4 Å². The Morgan fingerprint density at radius 3 is 2.00 bits per heavy atom. The van der Waals surface area contributed by atoms with Crippen molar-refractivity contribution < 1.29 is 29.0 Å². The predicted molar refractivity (Wildman–Crippen MR) is 163 cm³/mol. The Morgan fingerprint density at radius 2 is 1.38 bits per heavy atom. The van der Waals surface area contributed by atoms with Gasteiger partial charge >= 0.3 is 5.97 Å². The number of carbonyl (C=O) groups is 2. The monoisotopic (exact) mass is 560 g/mol. The van der Waals surface area contributed by atoms with Crippen LogP contribution in [0.2, 0.25) is 0 Å². The molecule has 1 saturated heterocycles. The second kappa shape index (κ2) is 20.0. The lowest BCUT2D eigenvalue weighted by Crippen LogP contribution is -2.59. The van der Waals surface area contributed by atoms with Crippen molar-refractivity contribution in [1.29, 1.82) is 0 Å². The van der Waals surface area contributed by atoms with Crippen molar-refractivity contribution in [3.05, 3.63) is 29.3 Å². The number of hydrogen-bond donors (Lipinski definition) is 2. The van der Waals surface area contributed by atoms with Gasteiger partial charge in [0, 0.05) is 12.8 Å². The predicted octanol–water partition coefficient (Wildman–Crippen LogP) is 8.55. The molecule has 1 aromatic carbocycles. The van der Waals surface area contributed by atoms with Crippen LogP contribution < -0.4 is 0 Å². The maximum Gasteiger partial charge on any atom is 0.339 e. The van der Waals surface area contributed by atoms with Crippen LogP contribution in [-0.2, 0) is 4.74 Å². The Bertz CT molecular complexity index is 857. The Kier molecular flexibility index (Phi) is 17.2. The van der Waals surface area contributed by atoms with Crippen molar-refractivity contribution >= 4 is 11.8 Å². The van der Waals surface area contributed by atoms with Gasteiger partial charge in [0.1, 0.15) is 23.9 Å². The Labute approximate surface area is 244 Å². The highest BCUT2D eigenvalue weighted by atomic mass is 16.5. The summed E-state index contributed by atoms with van der Waals surface area (Å²) in [4.78, 5) is 23.6. The number of ether oxygens (including phenoxy) is 1. The van der Waals surface area contributed by atoms with Crippen molar-refractivity contribution in [3.8, 4) is 5.75 Å². The van der Waals surface area contributed by atoms with E-state index in [9.17, 15) is 14.7 Å². The fourth-order valence-corrected chi connectivity index (χ4v) is 6.13. The van der Waals surface area contributed by atoms with E-state index < -0.39 is 11.7 Å². The number of rotatable bonds is 23. The fraction of sp³-hybridized carbons (Fsp3) is 0.765.